The number of rotatable bonds is 4. The minimum Gasteiger partial charge on any atom is -0.330 e. The lowest BCUT2D eigenvalue weighted by Crippen LogP contribution is -2.21. The van der Waals surface area contributed by atoms with Crippen LogP contribution >= 0.6 is 0 Å². The molecule has 1 aliphatic heterocycles. The molecule has 0 spiro atoms. The highest BCUT2D eigenvalue weighted by atomic mass is 15.1. The molecule has 0 aromatic rings. The largest absolute Gasteiger partial charge is 0.330 e. The van der Waals surface area contributed by atoms with Crippen LogP contribution in [0.1, 0.15) is 33.1 Å². The average molecular weight is 196 g/mol. The zero-order valence-electron chi connectivity index (χ0n) is 9.63. The van der Waals surface area contributed by atoms with Crippen LogP contribution in [-0.4, -0.2) is 31.1 Å². The van der Waals surface area contributed by atoms with E-state index in [1.165, 1.54) is 38.9 Å². The molecule has 2 atom stereocenters. The van der Waals surface area contributed by atoms with Gasteiger partial charge < -0.3 is 10.6 Å². The van der Waals surface area contributed by atoms with Crippen LogP contribution in [0.2, 0.25) is 0 Å². The first-order chi connectivity index (χ1) is 6.66. The number of likely N-dealkylation sites (tertiary alicyclic amines) is 1. The molecule has 1 saturated carbocycles. The van der Waals surface area contributed by atoms with Gasteiger partial charge in [0.15, 0.2) is 0 Å². The summed E-state index contributed by atoms with van der Waals surface area (Å²) >= 11 is 0. The van der Waals surface area contributed by atoms with Crippen LogP contribution in [0, 0.1) is 17.3 Å². The predicted octanol–water partition coefficient (Wildman–Crippen LogP) is 1.70. The van der Waals surface area contributed by atoms with Crippen molar-refractivity contribution in [3.63, 3.8) is 0 Å². The van der Waals surface area contributed by atoms with Crippen molar-refractivity contribution in [2.24, 2.45) is 23.0 Å². The van der Waals surface area contributed by atoms with E-state index in [1.807, 2.05) is 0 Å². The van der Waals surface area contributed by atoms with E-state index < -0.39 is 0 Å². The second-order valence-corrected chi connectivity index (χ2v) is 5.61. The highest BCUT2D eigenvalue weighted by Crippen LogP contribution is 2.59. The first-order valence-electron chi connectivity index (χ1n) is 6.08. The molecule has 0 unspecified atom stereocenters. The van der Waals surface area contributed by atoms with Gasteiger partial charge in [0.1, 0.15) is 0 Å². The highest BCUT2D eigenvalue weighted by molar-refractivity contribution is 5.05. The number of nitrogens with two attached hydrogens (primary N) is 1. The fourth-order valence-corrected chi connectivity index (χ4v) is 3.23. The maximum atomic E-state index is 5.77. The van der Waals surface area contributed by atoms with Crippen molar-refractivity contribution in [2.75, 3.05) is 26.2 Å². The molecular formula is C12H24N2. The maximum Gasteiger partial charge on any atom is -0.00158 e. The Morgan fingerprint density at radius 3 is 2.36 bits per heavy atom. The van der Waals surface area contributed by atoms with E-state index in [-0.39, 0.29) is 0 Å². The van der Waals surface area contributed by atoms with E-state index in [9.17, 15) is 0 Å². The molecule has 1 heterocycles. The summed E-state index contributed by atoms with van der Waals surface area (Å²) < 4.78 is 0. The Hall–Kier alpha value is -0.0800. The molecule has 14 heavy (non-hydrogen) atoms. The third-order valence-corrected chi connectivity index (χ3v) is 4.50. The first kappa shape index (κ1) is 10.4. The Bertz CT molecular complexity index is 194. The monoisotopic (exact) mass is 196 g/mol. The van der Waals surface area contributed by atoms with Crippen molar-refractivity contribution < 1.29 is 0 Å². The number of nitrogens with zero attached hydrogens (tertiary/aromatic N) is 1. The molecule has 1 saturated heterocycles. The van der Waals surface area contributed by atoms with Gasteiger partial charge in [-0.2, -0.15) is 0 Å². The van der Waals surface area contributed by atoms with Gasteiger partial charge in [-0.1, -0.05) is 13.8 Å². The SMILES string of the molecule is CC1(C)[C@@H](CN)[C@@H]1CCN1CCCC1. The third kappa shape index (κ3) is 1.82. The Kier molecular flexibility index (Phi) is 2.85. The average Bonchev–Trinajstić information content (AvgIpc) is 2.57. The summed E-state index contributed by atoms with van der Waals surface area (Å²) in [6.07, 6.45) is 4.19. The van der Waals surface area contributed by atoms with Crippen LogP contribution in [0.15, 0.2) is 0 Å². The van der Waals surface area contributed by atoms with Gasteiger partial charge in [0.25, 0.3) is 0 Å². The molecule has 0 aromatic carbocycles. The minimum absolute atomic E-state index is 0.536. The van der Waals surface area contributed by atoms with E-state index in [0.717, 1.165) is 18.4 Å². The van der Waals surface area contributed by atoms with Gasteiger partial charge >= 0.3 is 0 Å². The molecule has 2 nitrogen and oxygen atoms in total. The van der Waals surface area contributed by atoms with Crippen LogP contribution in [0.3, 0.4) is 0 Å². The van der Waals surface area contributed by atoms with Crippen molar-refractivity contribution in [3.05, 3.63) is 0 Å². The van der Waals surface area contributed by atoms with Gasteiger partial charge in [0.05, 0.1) is 0 Å². The summed E-state index contributed by atoms with van der Waals surface area (Å²) in [7, 11) is 0. The Morgan fingerprint density at radius 2 is 1.86 bits per heavy atom. The zero-order chi connectivity index (χ0) is 10.2. The normalized spacial score (nSPS) is 36.2. The molecule has 2 rings (SSSR count). The smallest absolute Gasteiger partial charge is 0.00158 e. The van der Waals surface area contributed by atoms with Crippen LogP contribution in [-0.2, 0) is 0 Å². The van der Waals surface area contributed by atoms with Gasteiger partial charge in [-0.15, -0.1) is 0 Å². The fraction of sp³-hybridized carbons (Fsp3) is 1.00. The minimum atomic E-state index is 0.536. The Labute approximate surface area is 87.8 Å². The summed E-state index contributed by atoms with van der Waals surface area (Å²) in [5.74, 6) is 1.69. The van der Waals surface area contributed by atoms with Crippen molar-refractivity contribution in [1.29, 1.82) is 0 Å². The summed E-state index contributed by atoms with van der Waals surface area (Å²) in [6, 6.07) is 0. The van der Waals surface area contributed by atoms with E-state index in [4.69, 9.17) is 5.73 Å². The second-order valence-electron chi connectivity index (χ2n) is 5.61. The zero-order valence-corrected chi connectivity index (χ0v) is 9.63. The third-order valence-electron chi connectivity index (χ3n) is 4.50. The van der Waals surface area contributed by atoms with Crippen molar-refractivity contribution >= 4 is 0 Å². The molecule has 2 fully saturated rings. The molecule has 2 N–H and O–H groups in total. The van der Waals surface area contributed by atoms with Gasteiger partial charge in [-0.05, 0) is 62.7 Å². The van der Waals surface area contributed by atoms with Crippen LogP contribution < -0.4 is 5.73 Å². The van der Waals surface area contributed by atoms with Gasteiger partial charge in [0, 0.05) is 0 Å². The molecule has 2 aliphatic rings. The second kappa shape index (κ2) is 3.82. The molecule has 2 heteroatoms. The van der Waals surface area contributed by atoms with Crippen molar-refractivity contribution in [1.82, 2.24) is 4.90 Å². The quantitative estimate of drug-likeness (QED) is 0.741. The van der Waals surface area contributed by atoms with E-state index >= 15 is 0 Å². The standard InChI is InChI=1S/C12H24N2/c1-12(2)10(11(12)9-13)5-8-14-6-3-4-7-14/h10-11H,3-9,13H2,1-2H3/t10-,11-/m0/s1. The molecule has 82 valence electrons. The lowest BCUT2D eigenvalue weighted by molar-refractivity contribution is 0.316. The molecule has 0 radical (unpaired) electrons. The molecular weight excluding hydrogens is 172 g/mol. The van der Waals surface area contributed by atoms with Crippen LogP contribution in [0.4, 0.5) is 0 Å². The Balaban J connectivity index is 1.71. The molecule has 0 amide bonds. The predicted molar refractivity (Wildman–Crippen MR) is 60.1 cm³/mol. The van der Waals surface area contributed by atoms with E-state index in [2.05, 4.69) is 18.7 Å². The van der Waals surface area contributed by atoms with Crippen LogP contribution in [0.5, 0.6) is 0 Å². The fourth-order valence-electron chi connectivity index (χ4n) is 3.23. The molecule has 0 aromatic heterocycles. The van der Waals surface area contributed by atoms with Crippen molar-refractivity contribution in [3.8, 4) is 0 Å². The van der Waals surface area contributed by atoms with E-state index in [0.29, 0.717) is 5.41 Å². The first-order valence-corrected chi connectivity index (χ1v) is 6.08. The Morgan fingerprint density at radius 1 is 1.21 bits per heavy atom. The highest BCUT2D eigenvalue weighted by Gasteiger charge is 2.55. The summed E-state index contributed by atoms with van der Waals surface area (Å²) in [4.78, 5) is 2.61. The van der Waals surface area contributed by atoms with Gasteiger partial charge in [-0.3, -0.25) is 0 Å². The summed E-state index contributed by atoms with van der Waals surface area (Å²) in [5.41, 5.74) is 6.31. The lowest BCUT2D eigenvalue weighted by Gasteiger charge is -2.14. The maximum absolute atomic E-state index is 5.77. The van der Waals surface area contributed by atoms with Gasteiger partial charge in [-0.25, -0.2) is 0 Å². The lowest BCUT2D eigenvalue weighted by atomic mass is 10.1. The molecule has 1 aliphatic carbocycles. The molecule has 0 bridgehead atoms. The van der Waals surface area contributed by atoms with Crippen molar-refractivity contribution in [2.45, 2.75) is 33.1 Å². The summed E-state index contributed by atoms with van der Waals surface area (Å²) in [5, 5.41) is 0. The van der Waals surface area contributed by atoms with Crippen LogP contribution in [0.25, 0.3) is 0 Å². The van der Waals surface area contributed by atoms with Gasteiger partial charge in [0.2, 0.25) is 0 Å². The number of hydrogen-bond donors (Lipinski definition) is 1. The topological polar surface area (TPSA) is 29.3 Å². The van der Waals surface area contributed by atoms with E-state index in [1.54, 1.807) is 0 Å². The summed E-state index contributed by atoms with van der Waals surface area (Å²) in [6.45, 7) is 9.61. The number of hydrogen-bond acceptors (Lipinski definition) is 2.